The minimum absolute atomic E-state index is 0.163. The largest absolute Gasteiger partial charge is 0.412 e. The van der Waals surface area contributed by atoms with Crippen molar-refractivity contribution in [1.82, 2.24) is 4.90 Å². The molecule has 1 aromatic heterocycles. The summed E-state index contributed by atoms with van der Waals surface area (Å²) in [5.74, 6) is -0.271. The van der Waals surface area contributed by atoms with Gasteiger partial charge >= 0.3 is 6.18 Å². The smallest absolute Gasteiger partial charge is 0.333 e. The van der Waals surface area contributed by atoms with Gasteiger partial charge in [0.25, 0.3) is 5.91 Å². The van der Waals surface area contributed by atoms with Gasteiger partial charge in [0.1, 0.15) is 0 Å². The fourth-order valence-electron chi connectivity index (χ4n) is 2.52. The first-order valence-electron chi connectivity index (χ1n) is 9.79. The SMILES string of the molecule is CC.CN=C(/C=C(\C)C(F)(F)F)c1ccc(C(=O)N(CCC#N)Cc2ccccc2)s1. The predicted octanol–water partition coefficient (Wildman–Crippen LogP) is 6.26. The van der Waals surface area contributed by atoms with E-state index in [2.05, 4.69) is 4.99 Å². The number of aliphatic imine (C=N–C) groups is 1. The Morgan fingerprint density at radius 3 is 2.32 bits per heavy atom. The Morgan fingerprint density at radius 1 is 1.16 bits per heavy atom. The molecule has 0 unspecified atom stereocenters. The minimum Gasteiger partial charge on any atom is -0.333 e. The standard InChI is InChI=1S/C21H20F3N3OS.C2H6/c1-15(21(22,23)24)13-17(26-2)18-9-10-19(29-18)20(28)27(12-6-11-25)14-16-7-4-3-5-8-16;1-2/h3-5,7-10,13H,6,12,14H2,1-2H3;1-2H3/b15-13+,26-17?;. The van der Waals surface area contributed by atoms with Gasteiger partial charge in [-0.3, -0.25) is 9.79 Å². The van der Waals surface area contributed by atoms with Gasteiger partial charge in [0.15, 0.2) is 0 Å². The van der Waals surface area contributed by atoms with E-state index in [0.717, 1.165) is 29.9 Å². The Labute approximate surface area is 185 Å². The van der Waals surface area contributed by atoms with Crippen LogP contribution in [0.15, 0.2) is 59.1 Å². The molecule has 0 fully saturated rings. The molecule has 0 bridgehead atoms. The molecule has 8 heteroatoms. The van der Waals surface area contributed by atoms with Crippen LogP contribution in [0.5, 0.6) is 0 Å². The molecule has 0 aliphatic heterocycles. The number of allylic oxidation sites excluding steroid dienone is 2. The number of benzene rings is 1. The highest BCUT2D eigenvalue weighted by molar-refractivity contribution is 7.16. The van der Waals surface area contributed by atoms with Crippen LogP contribution in [-0.2, 0) is 6.54 Å². The number of hydrogen-bond acceptors (Lipinski definition) is 4. The Hall–Kier alpha value is -2.92. The second-order valence-electron chi connectivity index (χ2n) is 6.22. The molecule has 31 heavy (non-hydrogen) atoms. The van der Waals surface area contributed by atoms with Crippen molar-refractivity contribution in [2.45, 2.75) is 39.9 Å². The molecule has 0 aliphatic carbocycles. The van der Waals surface area contributed by atoms with E-state index in [9.17, 15) is 18.0 Å². The fourth-order valence-corrected chi connectivity index (χ4v) is 3.50. The van der Waals surface area contributed by atoms with Gasteiger partial charge in [0, 0.05) is 25.7 Å². The molecule has 1 aromatic carbocycles. The van der Waals surface area contributed by atoms with Gasteiger partial charge in [-0.25, -0.2) is 0 Å². The molecular weight excluding hydrogens is 423 g/mol. The lowest BCUT2D eigenvalue weighted by Crippen LogP contribution is -2.30. The summed E-state index contributed by atoms with van der Waals surface area (Å²) < 4.78 is 38.5. The molecule has 0 radical (unpaired) electrons. The first-order valence-corrected chi connectivity index (χ1v) is 10.6. The van der Waals surface area contributed by atoms with Gasteiger partial charge in [-0.15, -0.1) is 11.3 Å². The van der Waals surface area contributed by atoms with Gasteiger partial charge < -0.3 is 4.90 Å². The molecule has 0 spiro atoms. The van der Waals surface area contributed by atoms with Crippen LogP contribution in [0, 0.1) is 11.3 Å². The van der Waals surface area contributed by atoms with Crippen LogP contribution in [0.25, 0.3) is 0 Å². The van der Waals surface area contributed by atoms with Crippen LogP contribution in [-0.4, -0.2) is 36.3 Å². The van der Waals surface area contributed by atoms with E-state index >= 15 is 0 Å². The number of thiophene rings is 1. The van der Waals surface area contributed by atoms with Crippen molar-refractivity contribution in [3.05, 3.63) is 69.4 Å². The molecule has 4 nitrogen and oxygen atoms in total. The van der Waals surface area contributed by atoms with Crippen molar-refractivity contribution in [3.63, 3.8) is 0 Å². The summed E-state index contributed by atoms with van der Waals surface area (Å²) in [4.78, 5) is 19.3. The van der Waals surface area contributed by atoms with Gasteiger partial charge in [0.2, 0.25) is 0 Å². The van der Waals surface area contributed by atoms with Gasteiger partial charge in [-0.1, -0.05) is 44.2 Å². The van der Waals surface area contributed by atoms with Crippen molar-refractivity contribution in [1.29, 1.82) is 5.26 Å². The molecule has 1 heterocycles. The van der Waals surface area contributed by atoms with Crippen LogP contribution < -0.4 is 0 Å². The van der Waals surface area contributed by atoms with E-state index in [1.54, 1.807) is 17.0 Å². The van der Waals surface area contributed by atoms with Crippen molar-refractivity contribution < 1.29 is 18.0 Å². The third-order valence-corrected chi connectivity index (χ3v) is 5.20. The van der Waals surface area contributed by atoms with Crippen molar-refractivity contribution >= 4 is 23.0 Å². The van der Waals surface area contributed by atoms with E-state index in [1.807, 2.05) is 50.2 Å². The maximum atomic E-state index is 13.0. The summed E-state index contributed by atoms with van der Waals surface area (Å²) in [6, 6.07) is 14.6. The summed E-state index contributed by atoms with van der Waals surface area (Å²) in [6.07, 6.45) is -3.28. The molecule has 2 aromatic rings. The molecular formula is C23H26F3N3OS. The van der Waals surface area contributed by atoms with E-state index in [4.69, 9.17) is 5.26 Å². The summed E-state index contributed by atoms with van der Waals surface area (Å²) >= 11 is 1.08. The third kappa shape index (κ3) is 8.02. The Bertz CT molecular complexity index is 941. The number of carbonyl (C=O) groups excluding carboxylic acids is 1. The highest BCUT2D eigenvalue weighted by Gasteiger charge is 2.30. The third-order valence-electron chi connectivity index (χ3n) is 4.11. The second kappa shape index (κ2) is 12.7. The summed E-state index contributed by atoms with van der Waals surface area (Å²) in [7, 11) is 1.41. The topological polar surface area (TPSA) is 56.5 Å². The molecule has 2 rings (SSSR count). The summed E-state index contributed by atoms with van der Waals surface area (Å²) in [6.45, 7) is 5.59. The number of amides is 1. The lowest BCUT2D eigenvalue weighted by Gasteiger charge is -2.21. The average molecular weight is 450 g/mol. The van der Waals surface area contributed by atoms with E-state index in [0.29, 0.717) is 16.3 Å². The molecule has 0 saturated carbocycles. The Morgan fingerprint density at radius 2 is 1.77 bits per heavy atom. The number of alkyl halides is 3. The molecule has 0 saturated heterocycles. The van der Waals surface area contributed by atoms with Crippen molar-refractivity contribution in [2.75, 3.05) is 13.6 Å². The minimum atomic E-state index is -4.43. The number of rotatable bonds is 7. The summed E-state index contributed by atoms with van der Waals surface area (Å²) in [5, 5.41) is 8.89. The predicted molar refractivity (Wildman–Crippen MR) is 119 cm³/mol. The van der Waals surface area contributed by atoms with Gasteiger partial charge in [-0.05, 0) is 30.7 Å². The number of nitriles is 1. The first kappa shape index (κ1) is 26.1. The molecule has 166 valence electrons. The number of halogens is 3. The van der Waals surface area contributed by atoms with Crippen molar-refractivity contribution in [3.8, 4) is 6.07 Å². The molecule has 0 atom stereocenters. The maximum Gasteiger partial charge on any atom is 0.412 e. The lowest BCUT2D eigenvalue weighted by atomic mass is 10.2. The number of nitrogens with zero attached hydrogens (tertiary/aromatic N) is 3. The highest BCUT2D eigenvalue weighted by Crippen LogP contribution is 2.27. The lowest BCUT2D eigenvalue weighted by molar-refractivity contribution is -0.0912. The first-order chi connectivity index (χ1) is 14.8. The number of carbonyl (C=O) groups is 1. The van der Waals surface area contributed by atoms with Crippen LogP contribution in [0.2, 0.25) is 0 Å². The fraction of sp³-hybridized carbons (Fsp3) is 0.348. The zero-order valence-electron chi connectivity index (χ0n) is 18.0. The average Bonchev–Trinajstić information content (AvgIpc) is 3.25. The van der Waals surface area contributed by atoms with Gasteiger partial charge in [0.05, 0.1) is 28.0 Å². The van der Waals surface area contributed by atoms with Crippen LogP contribution >= 0.6 is 11.3 Å². The second-order valence-corrected chi connectivity index (χ2v) is 7.30. The zero-order valence-corrected chi connectivity index (χ0v) is 18.8. The Balaban J connectivity index is 0.00000233. The Kier molecular flexibility index (Phi) is 10.7. The quantitative estimate of drug-likeness (QED) is 0.469. The van der Waals surface area contributed by atoms with E-state index in [1.165, 1.54) is 7.05 Å². The van der Waals surface area contributed by atoms with Crippen LogP contribution in [0.3, 0.4) is 0 Å². The van der Waals surface area contributed by atoms with Crippen molar-refractivity contribution in [2.24, 2.45) is 4.99 Å². The molecule has 0 N–H and O–H groups in total. The normalized spacial score (nSPS) is 11.9. The van der Waals surface area contributed by atoms with E-state index in [-0.39, 0.29) is 24.6 Å². The zero-order chi connectivity index (χ0) is 23.4. The maximum absolute atomic E-state index is 13.0. The monoisotopic (exact) mass is 449 g/mol. The molecule has 1 amide bonds. The van der Waals surface area contributed by atoms with Gasteiger partial charge in [-0.2, -0.15) is 18.4 Å². The van der Waals surface area contributed by atoms with Crippen LogP contribution in [0.1, 0.15) is 47.3 Å². The van der Waals surface area contributed by atoms with Crippen LogP contribution in [0.4, 0.5) is 13.2 Å². The molecule has 0 aliphatic rings. The highest BCUT2D eigenvalue weighted by atomic mass is 32.1. The number of hydrogen-bond donors (Lipinski definition) is 0. The summed E-state index contributed by atoms with van der Waals surface area (Å²) in [5.41, 5.74) is 0.324. The van der Waals surface area contributed by atoms with E-state index < -0.39 is 11.7 Å².